The highest BCUT2D eigenvalue weighted by Gasteiger charge is 2.14. The van der Waals surface area contributed by atoms with Crippen molar-refractivity contribution in [2.45, 2.75) is 19.8 Å². The van der Waals surface area contributed by atoms with E-state index in [0.717, 1.165) is 6.42 Å². The van der Waals surface area contributed by atoms with Crippen molar-refractivity contribution in [2.75, 3.05) is 11.9 Å². The van der Waals surface area contributed by atoms with Crippen molar-refractivity contribution in [1.82, 2.24) is 0 Å². The van der Waals surface area contributed by atoms with Crippen molar-refractivity contribution in [3.63, 3.8) is 0 Å². The lowest BCUT2D eigenvalue weighted by Gasteiger charge is -2.09. The molecule has 0 atom stereocenters. The molecule has 7 heteroatoms. The van der Waals surface area contributed by atoms with Crippen LogP contribution in [0.5, 0.6) is 5.95 Å². The molecule has 0 saturated carbocycles. The number of carbonyl (C=O) groups is 1. The number of halogens is 1. The molecule has 1 amide bonds. The Balaban J connectivity index is 2.41. The van der Waals surface area contributed by atoms with Gasteiger partial charge in [0.05, 0.1) is 18.4 Å². The molecule has 2 rings (SSSR count). The van der Waals surface area contributed by atoms with Gasteiger partial charge >= 0.3 is 11.6 Å². The molecule has 0 fully saturated rings. The average molecular weight is 340 g/mol. The van der Waals surface area contributed by atoms with Crippen LogP contribution >= 0.6 is 23.8 Å². The fourth-order valence-corrected chi connectivity index (χ4v) is 2.26. The third-order valence-electron chi connectivity index (χ3n) is 2.83. The van der Waals surface area contributed by atoms with E-state index in [-0.39, 0.29) is 28.7 Å². The summed E-state index contributed by atoms with van der Waals surface area (Å²) in [7, 11) is 0. The van der Waals surface area contributed by atoms with Gasteiger partial charge in [0.1, 0.15) is 5.02 Å². The number of anilines is 1. The molecule has 116 valence electrons. The zero-order valence-electron chi connectivity index (χ0n) is 11.8. The summed E-state index contributed by atoms with van der Waals surface area (Å²) in [6.45, 7) is 2.34. The molecule has 1 heterocycles. The summed E-state index contributed by atoms with van der Waals surface area (Å²) in [5.41, 5.74) is -0.101. The van der Waals surface area contributed by atoms with Crippen LogP contribution in [-0.2, 0) is 4.79 Å². The number of carbonyl (C=O) groups excluding carboxylic acids is 1. The normalized spacial score (nSPS) is 10.5. The lowest BCUT2D eigenvalue weighted by Crippen LogP contribution is -2.12. The molecule has 1 aromatic carbocycles. The number of amides is 1. The molecule has 0 aliphatic carbocycles. The summed E-state index contributed by atoms with van der Waals surface area (Å²) >= 11 is 10.8. The van der Waals surface area contributed by atoms with Crippen molar-refractivity contribution in [3.8, 4) is 5.95 Å². The van der Waals surface area contributed by atoms with Gasteiger partial charge in [-0.2, -0.15) is 0 Å². The molecular weight excluding hydrogens is 326 g/mol. The SMILES string of the molecule is CCCOc1oc(=O)c2cc(NC(=O)CC=S)ccc2c1Cl. The molecule has 0 unspecified atom stereocenters. The van der Waals surface area contributed by atoms with Gasteiger partial charge in [-0.25, -0.2) is 4.79 Å². The number of ether oxygens (including phenoxy) is 1. The van der Waals surface area contributed by atoms with Gasteiger partial charge in [-0.05, 0) is 23.9 Å². The quantitative estimate of drug-likeness (QED) is 0.815. The number of hydrogen-bond donors (Lipinski definition) is 1. The fraction of sp³-hybridized carbons (Fsp3) is 0.267. The van der Waals surface area contributed by atoms with Crippen LogP contribution in [0, 0.1) is 0 Å². The first-order chi connectivity index (χ1) is 10.6. The monoisotopic (exact) mass is 339 g/mol. The number of rotatable bonds is 6. The minimum atomic E-state index is -0.573. The van der Waals surface area contributed by atoms with Crippen LogP contribution in [0.1, 0.15) is 19.8 Å². The topological polar surface area (TPSA) is 68.5 Å². The molecule has 0 aliphatic heterocycles. The van der Waals surface area contributed by atoms with E-state index >= 15 is 0 Å². The largest absolute Gasteiger partial charge is 0.464 e. The Kier molecular flexibility index (Phi) is 5.51. The Bertz CT molecular complexity index is 772. The molecule has 0 saturated heterocycles. The van der Waals surface area contributed by atoms with E-state index in [4.69, 9.17) is 20.8 Å². The molecule has 22 heavy (non-hydrogen) atoms. The summed E-state index contributed by atoms with van der Waals surface area (Å²) in [5.74, 6) is -0.244. The van der Waals surface area contributed by atoms with Crippen molar-refractivity contribution < 1.29 is 13.9 Å². The van der Waals surface area contributed by atoms with E-state index in [0.29, 0.717) is 17.7 Å². The lowest BCUT2D eigenvalue weighted by atomic mass is 10.1. The fourth-order valence-electron chi connectivity index (χ4n) is 1.85. The van der Waals surface area contributed by atoms with E-state index < -0.39 is 5.63 Å². The van der Waals surface area contributed by atoms with Crippen molar-refractivity contribution in [3.05, 3.63) is 33.6 Å². The highest BCUT2D eigenvalue weighted by atomic mass is 35.5. The summed E-state index contributed by atoms with van der Waals surface area (Å²) < 4.78 is 10.4. The molecule has 2 aromatic rings. The van der Waals surface area contributed by atoms with E-state index in [1.54, 1.807) is 12.1 Å². The smallest absolute Gasteiger partial charge is 0.346 e. The van der Waals surface area contributed by atoms with Gasteiger partial charge in [0.2, 0.25) is 5.91 Å². The van der Waals surface area contributed by atoms with Gasteiger partial charge in [0.25, 0.3) is 0 Å². The maximum atomic E-state index is 12.0. The molecule has 1 aromatic heterocycles. The van der Waals surface area contributed by atoms with Crippen LogP contribution < -0.4 is 15.7 Å². The highest BCUT2D eigenvalue weighted by Crippen LogP contribution is 2.31. The van der Waals surface area contributed by atoms with E-state index in [9.17, 15) is 9.59 Å². The summed E-state index contributed by atoms with van der Waals surface area (Å²) in [6.07, 6.45) is 0.884. The van der Waals surface area contributed by atoms with Gasteiger partial charge in [0, 0.05) is 11.1 Å². The predicted molar refractivity (Wildman–Crippen MR) is 90.2 cm³/mol. The molecule has 0 radical (unpaired) electrons. The van der Waals surface area contributed by atoms with Crippen molar-refractivity contribution in [1.29, 1.82) is 0 Å². The second kappa shape index (κ2) is 7.38. The number of nitrogens with one attached hydrogen (secondary N) is 1. The first-order valence-corrected chi connectivity index (χ1v) is 7.54. The van der Waals surface area contributed by atoms with Crippen molar-refractivity contribution >= 4 is 51.6 Å². The standard InChI is InChI=1S/C15H14ClNO4S/c1-2-6-20-15-13(16)10-4-3-9(17-12(18)5-7-22)8-11(10)14(19)21-15/h3-4,7-8H,2,5-6H2,1H3,(H,17,18). The Morgan fingerprint density at radius 3 is 2.91 bits per heavy atom. The second-order valence-electron chi connectivity index (χ2n) is 4.52. The minimum absolute atomic E-state index is 0.0125. The molecule has 0 aliphatic rings. The third-order valence-corrected chi connectivity index (χ3v) is 3.35. The molecule has 1 N–H and O–H groups in total. The van der Waals surface area contributed by atoms with Crippen LogP contribution in [0.25, 0.3) is 10.8 Å². The Morgan fingerprint density at radius 2 is 2.23 bits per heavy atom. The molecular formula is C15H14ClNO4S. The summed E-state index contributed by atoms with van der Waals surface area (Å²) in [5, 5.41) is 4.99. The van der Waals surface area contributed by atoms with Gasteiger partial charge in [0.15, 0.2) is 0 Å². The van der Waals surface area contributed by atoms with Gasteiger partial charge in [-0.15, -0.1) is 0 Å². The third kappa shape index (κ3) is 3.64. The average Bonchev–Trinajstić information content (AvgIpc) is 2.49. The first-order valence-electron chi connectivity index (χ1n) is 6.69. The maximum Gasteiger partial charge on any atom is 0.346 e. The molecule has 0 bridgehead atoms. The number of hydrogen-bond acceptors (Lipinski definition) is 5. The maximum absolute atomic E-state index is 12.0. The number of thiocarbonyl (C=S) groups is 1. The number of benzene rings is 1. The first kappa shape index (κ1) is 16.5. The van der Waals surface area contributed by atoms with E-state index in [1.807, 2.05) is 6.92 Å². The van der Waals surface area contributed by atoms with Crippen molar-refractivity contribution in [2.24, 2.45) is 0 Å². The van der Waals surface area contributed by atoms with E-state index in [1.165, 1.54) is 11.4 Å². The zero-order valence-corrected chi connectivity index (χ0v) is 13.4. The van der Waals surface area contributed by atoms with Gasteiger partial charge < -0.3 is 14.5 Å². The van der Waals surface area contributed by atoms with Gasteiger partial charge in [-0.3, -0.25) is 4.79 Å². The summed E-state index contributed by atoms with van der Waals surface area (Å²) in [4.78, 5) is 23.6. The van der Waals surface area contributed by atoms with Crippen LogP contribution in [0.2, 0.25) is 5.02 Å². The van der Waals surface area contributed by atoms with Crippen LogP contribution in [0.4, 0.5) is 5.69 Å². The van der Waals surface area contributed by atoms with Crippen LogP contribution in [0.15, 0.2) is 27.4 Å². The lowest BCUT2D eigenvalue weighted by molar-refractivity contribution is -0.115. The Hall–Kier alpha value is -1.92. The highest BCUT2D eigenvalue weighted by molar-refractivity contribution is 7.79. The Labute approximate surface area is 137 Å². The second-order valence-corrected chi connectivity index (χ2v) is 5.23. The Morgan fingerprint density at radius 1 is 1.45 bits per heavy atom. The van der Waals surface area contributed by atoms with Gasteiger partial charge in [-0.1, -0.05) is 36.8 Å². The van der Waals surface area contributed by atoms with Crippen LogP contribution in [-0.4, -0.2) is 17.9 Å². The van der Waals surface area contributed by atoms with Crippen LogP contribution in [0.3, 0.4) is 0 Å². The number of fused-ring (bicyclic) bond motifs is 1. The summed E-state index contributed by atoms with van der Waals surface area (Å²) in [6, 6.07) is 4.80. The molecule has 0 spiro atoms. The minimum Gasteiger partial charge on any atom is -0.464 e. The van der Waals surface area contributed by atoms with E-state index in [2.05, 4.69) is 17.5 Å². The predicted octanol–water partition coefficient (Wildman–Crippen LogP) is 3.56. The molecule has 5 nitrogen and oxygen atoms in total. The zero-order chi connectivity index (χ0) is 16.1.